The molecule has 0 radical (unpaired) electrons. The van der Waals surface area contributed by atoms with Gasteiger partial charge in [0.05, 0.1) is 0 Å². The van der Waals surface area contributed by atoms with Gasteiger partial charge in [-0.3, -0.25) is 4.90 Å². The van der Waals surface area contributed by atoms with Gasteiger partial charge in [-0.25, -0.2) is 0 Å². The molecule has 3 fully saturated rings. The number of hydrogen-bond acceptors (Lipinski definition) is 3. The Bertz CT molecular complexity index is 301. The van der Waals surface area contributed by atoms with Crippen LogP contribution >= 0.6 is 0 Å². The smallest absolute Gasteiger partial charge is 0.0434 e. The van der Waals surface area contributed by atoms with Gasteiger partial charge in [0, 0.05) is 31.8 Å². The summed E-state index contributed by atoms with van der Waals surface area (Å²) in [5, 5.41) is 13.1. The Labute approximate surface area is 124 Å². The van der Waals surface area contributed by atoms with Crippen LogP contribution in [0.3, 0.4) is 0 Å². The molecule has 0 aromatic carbocycles. The minimum absolute atomic E-state index is 0.353. The summed E-state index contributed by atoms with van der Waals surface area (Å²) < 4.78 is 0. The minimum atomic E-state index is 0.353. The van der Waals surface area contributed by atoms with Gasteiger partial charge in [-0.05, 0) is 69.7 Å². The van der Waals surface area contributed by atoms with Crippen molar-refractivity contribution in [2.45, 2.75) is 64.0 Å². The Morgan fingerprint density at radius 2 is 1.95 bits per heavy atom. The normalized spacial score (nSPS) is 33.9. The topological polar surface area (TPSA) is 35.5 Å². The number of nitrogens with zero attached hydrogens (tertiary/aromatic N) is 1. The third-order valence-electron chi connectivity index (χ3n) is 5.90. The van der Waals surface area contributed by atoms with Crippen molar-refractivity contribution in [3.63, 3.8) is 0 Å². The van der Waals surface area contributed by atoms with E-state index < -0.39 is 0 Å². The quantitative estimate of drug-likeness (QED) is 0.751. The highest BCUT2D eigenvalue weighted by Crippen LogP contribution is 2.37. The standard InChI is InChI=1S/C17H32N2O/c1-13(16-5-6-16)19-11-15(7-8-20)9-17(12-19)18-10-14-3-2-4-14/h13-18,20H,2-12H2,1H3. The first kappa shape index (κ1) is 14.8. The molecule has 2 saturated carbocycles. The minimum Gasteiger partial charge on any atom is -0.396 e. The lowest BCUT2D eigenvalue weighted by Crippen LogP contribution is -2.53. The second-order valence-electron chi connectivity index (χ2n) is 7.55. The van der Waals surface area contributed by atoms with E-state index in [0.29, 0.717) is 18.6 Å². The number of aliphatic hydroxyl groups excluding tert-OH is 1. The van der Waals surface area contributed by atoms with Gasteiger partial charge in [-0.2, -0.15) is 0 Å². The van der Waals surface area contributed by atoms with Crippen molar-refractivity contribution in [3.8, 4) is 0 Å². The maximum absolute atomic E-state index is 9.28. The summed E-state index contributed by atoms with van der Waals surface area (Å²) >= 11 is 0. The molecule has 2 aliphatic carbocycles. The average molecular weight is 280 g/mol. The van der Waals surface area contributed by atoms with E-state index in [2.05, 4.69) is 17.1 Å². The second kappa shape index (κ2) is 6.76. The molecule has 20 heavy (non-hydrogen) atoms. The van der Waals surface area contributed by atoms with Crippen molar-refractivity contribution in [1.29, 1.82) is 0 Å². The molecule has 0 spiro atoms. The maximum Gasteiger partial charge on any atom is 0.0434 e. The van der Waals surface area contributed by atoms with E-state index in [1.807, 2.05) is 0 Å². The Kier molecular flexibility index (Phi) is 5.00. The fraction of sp³-hybridized carbons (Fsp3) is 1.00. The Morgan fingerprint density at radius 3 is 2.55 bits per heavy atom. The van der Waals surface area contributed by atoms with Crippen LogP contribution < -0.4 is 5.32 Å². The summed E-state index contributed by atoms with van der Waals surface area (Å²) in [6.07, 6.45) is 9.42. The molecule has 3 heteroatoms. The molecule has 0 bridgehead atoms. The van der Waals surface area contributed by atoms with Crippen LogP contribution in [0.25, 0.3) is 0 Å². The number of aliphatic hydroxyl groups is 1. The average Bonchev–Trinajstić information content (AvgIpc) is 3.20. The second-order valence-corrected chi connectivity index (χ2v) is 7.55. The van der Waals surface area contributed by atoms with Gasteiger partial charge in [0.1, 0.15) is 0 Å². The predicted octanol–water partition coefficient (Wildman–Crippen LogP) is 2.25. The Morgan fingerprint density at radius 1 is 1.15 bits per heavy atom. The number of likely N-dealkylation sites (tertiary alicyclic amines) is 1. The zero-order valence-electron chi connectivity index (χ0n) is 13.1. The molecule has 0 amide bonds. The van der Waals surface area contributed by atoms with Crippen molar-refractivity contribution in [3.05, 3.63) is 0 Å². The largest absolute Gasteiger partial charge is 0.396 e. The zero-order chi connectivity index (χ0) is 13.9. The van der Waals surface area contributed by atoms with Crippen LogP contribution in [0, 0.1) is 17.8 Å². The molecule has 3 rings (SSSR count). The van der Waals surface area contributed by atoms with Crippen LogP contribution in [0.15, 0.2) is 0 Å². The molecular weight excluding hydrogens is 248 g/mol. The van der Waals surface area contributed by atoms with Crippen LogP contribution in [0.1, 0.15) is 51.9 Å². The molecule has 3 unspecified atom stereocenters. The summed E-state index contributed by atoms with van der Waals surface area (Å²) in [5.41, 5.74) is 0. The lowest BCUT2D eigenvalue weighted by Gasteiger charge is -2.42. The highest BCUT2D eigenvalue weighted by Gasteiger charge is 2.36. The first-order chi connectivity index (χ1) is 9.76. The van der Waals surface area contributed by atoms with Crippen molar-refractivity contribution < 1.29 is 5.11 Å². The molecule has 3 aliphatic rings. The first-order valence-corrected chi connectivity index (χ1v) is 8.84. The third kappa shape index (κ3) is 3.75. The highest BCUT2D eigenvalue weighted by atomic mass is 16.3. The van der Waals surface area contributed by atoms with Gasteiger partial charge < -0.3 is 10.4 Å². The van der Waals surface area contributed by atoms with E-state index in [-0.39, 0.29) is 0 Å². The van der Waals surface area contributed by atoms with E-state index in [1.54, 1.807) is 0 Å². The molecule has 3 nitrogen and oxygen atoms in total. The zero-order valence-corrected chi connectivity index (χ0v) is 13.1. The molecular formula is C17H32N2O. The van der Waals surface area contributed by atoms with E-state index in [0.717, 1.165) is 24.3 Å². The lowest BCUT2D eigenvalue weighted by molar-refractivity contribution is 0.0792. The van der Waals surface area contributed by atoms with Crippen LogP contribution in [0.5, 0.6) is 0 Å². The summed E-state index contributed by atoms with van der Waals surface area (Å²) in [6, 6.07) is 1.41. The van der Waals surface area contributed by atoms with Crippen molar-refractivity contribution in [1.82, 2.24) is 10.2 Å². The number of piperidine rings is 1. The van der Waals surface area contributed by atoms with Crippen molar-refractivity contribution in [2.24, 2.45) is 17.8 Å². The monoisotopic (exact) mass is 280 g/mol. The summed E-state index contributed by atoms with van der Waals surface area (Å²) in [5.74, 6) is 2.59. The van der Waals surface area contributed by atoms with Crippen LogP contribution in [0.2, 0.25) is 0 Å². The number of hydrogen-bond donors (Lipinski definition) is 2. The van der Waals surface area contributed by atoms with Crippen molar-refractivity contribution >= 4 is 0 Å². The molecule has 3 atom stereocenters. The lowest BCUT2D eigenvalue weighted by atomic mass is 9.84. The van der Waals surface area contributed by atoms with Gasteiger partial charge in [-0.15, -0.1) is 0 Å². The van der Waals surface area contributed by atoms with Crippen molar-refractivity contribution in [2.75, 3.05) is 26.2 Å². The summed E-state index contributed by atoms with van der Waals surface area (Å²) in [4.78, 5) is 2.71. The van der Waals surface area contributed by atoms with Gasteiger partial charge in [0.25, 0.3) is 0 Å². The van der Waals surface area contributed by atoms with Crippen LogP contribution in [-0.4, -0.2) is 48.3 Å². The fourth-order valence-electron chi connectivity index (χ4n) is 4.02. The third-order valence-corrected chi connectivity index (χ3v) is 5.90. The van der Waals surface area contributed by atoms with Gasteiger partial charge in [-0.1, -0.05) is 6.42 Å². The molecule has 0 aromatic rings. The highest BCUT2D eigenvalue weighted by molar-refractivity contribution is 4.92. The molecule has 0 aromatic heterocycles. The van der Waals surface area contributed by atoms with Gasteiger partial charge >= 0.3 is 0 Å². The summed E-state index contributed by atoms with van der Waals surface area (Å²) in [6.45, 7) is 6.43. The number of nitrogens with one attached hydrogen (secondary N) is 1. The predicted molar refractivity (Wildman–Crippen MR) is 82.7 cm³/mol. The number of rotatable bonds is 7. The molecule has 1 saturated heterocycles. The summed E-state index contributed by atoms with van der Waals surface area (Å²) in [7, 11) is 0. The van der Waals surface area contributed by atoms with E-state index in [9.17, 15) is 5.11 Å². The molecule has 116 valence electrons. The Balaban J connectivity index is 1.51. The van der Waals surface area contributed by atoms with Gasteiger partial charge in [0.15, 0.2) is 0 Å². The maximum atomic E-state index is 9.28. The van der Waals surface area contributed by atoms with E-state index in [4.69, 9.17) is 0 Å². The SMILES string of the molecule is CC(C1CC1)N1CC(CCO)CC(NCC2CCC2)C1. The van der Waals surface area contributed by atoms with Gasteiger partial charge in [0.2, 0.25) is 0 Å². The van der Waals surface area contributed by atoms with Crippen LogP contribution in [0.4, 0.5) is 0 Å². The molecule has 1 aliphatic heterocycles. The van der Waals surface area contributed by atoms with Crippen LogP contribution in [-0.2, 0) is 0 Å². The molecule has 2 N–H and O–H groups in total. The van der Waals surface area contributed by atoms with E-state index >= 15 is 0 Å². The fourth-order valence-corrected chi connectivity index (χ4v) is 4.02. The Hall–Kier alpha value is -0.120. The van der Waals surface area contributed by atoms with E-state index in [1.165, 1.54) is 58.2 Å². The molecule has 1 heterocycles. The first-order valence-electron chi connectivity index (χ1n) is 8.84.